The van der Waals surface area contributed by atoms with Crippen LogP contribution < -0.4 is 0 Å². The zero-order chi connectivity index (χ0) is 6.85. The maximum Gasteiger partial charge on any atom is 0.0753 e. The fourth-order valence-electron chi connectivity index (χ4n) is 1.06. The summed E-state index contributed by atoms with van der Waals surface area (Å²) in [6, 6.07) is 0. The van der Waals surface area contributed by atoms with Crippen LogP contribution in [0.1, 0.15) is 26.7 Å². The fraction of sp³-hybridized carbons (Fsp3) is 0.750. The molecule has 0 aromatic rings. The van der Waals surface area contributed by atoms with Gasteiger partial charge in [-0.25, -0.2) is 0 Å². The number of hydrogen-bond donors (Lipinski definition) is 1. The normalized spacial score (nSPS) is 31.1. The Kier molecular flexibility index (Phi) is 1.91. The Morgan fingerprint density at radius 1 is 1.67 bits per heavy atom. The summed E-state index contributed by atoms with van der Waals surface area (Å²) in [4.78, 5) is 0. The van der Waals surface area contributed by atoms with Crippen molar-refractivity contribution in [3.63, 3.8) is 0 Å². The molecule has 1 aliphatic carbocycles. The molecule has 0 amide bonds. The van der Waals surface area contributed by atoms with E-state index in [1.165, 1.54) is 5.57 Å². The second kappa shape index (κ2) is 2.53. The first-order valence-electron chi connectivity index (χ1n) is 3.59. The minimum atomic E-state index is -0.104. The van der Waals surface area contributed by atoms with Crippen LogP contribution in [0.3, 0.4) is 0 Å². The Hall–Kier alpha value is -0.300. The highest BCUT2D eigenvalue weighted by atomic mass is 16.3. The van der Waals surface area contributed by atoms with Gasteiger partial charge in [0, 0.05) is 0 Å². The van der Waals surface area contributed by atoms with E-state index < -0.39 is 0 Å². The summed E-state index contributed by atoms with van der Waals surface area (Å²) in [6.45, 7) is 4.27. The molecular weight excluding hydrogens is 112 g/mol. The summed E-state index contributed by atoms with van der Waals surface area (Å²) in [5, 5.41) is 9.09. The van der Waals surface area contributed by atoms with E-state index in [4.69, 9.17) is 5.11 Å². The predicted octanol–water partition coefficient (Wildman–Crippen LogP) is 1.72. The van der Waals surface area contributed by atoms with Gasteiger partial charge in [-0.05, 0) is 24.3 Å². The molecule has 0 aliphatic heterocycles. The van der Waals surface area contributed by atoms with Crippen LogP contribution in [0.15, 0.2) is 11.6 Å². The van der Waals surface area contributed by atoms with Gasteiger partial charge in [0.25, 0.3) is 0 Å². The van der Waals surface area contributed by atoms with E-state index in [-0.39, 0.29) is 6.10 Å². The molecule has 0 radical (unpaired) electrons. The van der Waals surface area contributed by atoms with Gasteiger partial charge in [0.2, 0.25) is 0 Å². The van der Waals surface area contributed by atoms with E-state index in [1.54, 1.807) is 0 Å². The summed E-state index contributed by atoms with van der Waals surface area (Å²) in [6.07, 6.45) is 4.14. The first-order valence-corrected chi connectivity index (χ1v) is 3.59. The number of aliphatic hydroxyl groups excluding tert-OH is 1. The zero-order valence-electron chi connectivity index (χ0n) is 6.09. The number of allylic oxidation sites excluding steroid dienone is 1. The minimum absolute atomic E-state index is 0.104. The molecule has 1 N–H and O–H groups in total. The third-order valence-corrected chi connectivity index (χ3v) is 1.68. The van der Waals surface area contributed by atoms with Gasteiger partial charge >= 0.3 is 0 Å². The van der Waals surface area contributed by atoms with E-state index in [1.807, 2.05) is 0 Å². The molecule has 1 fully saturated rings. The smallest absolute Gasteiger partial charge is 0.0753 e. The van der Waals surface area contributed by atoms with Gasteiger partial charge in [0.05, 0.1) is 6.10 Å². The van der Waals surface area contributed by atoms with Crippen LogP contribution in [-0.4, -0.2) is 11.2 Å². The summed E-state index contributed by atoms with van der Waals surface area (Å²) in [5.41, 5.74) is 1.24. The maximum absolute atomic E-state index is 9.09. The van der Waals surface area contributed by atoms with Gasteiger partial charge in [-0.1, -0.05) is 19.9 Å². The van der Waals surface area contributed by atoms with E-state index in [2.05, 4.69) is 19.9 Å². The van der Waals surface area contributed by atoms with Crippen molar-refractivity contribution in [1.82, 2.24) is 0 Å². The van der Waals surface area contributed by atoms with Gasteiger partial charge < -0.3 is 5.11 Å². The Labute approximate surface area is 56.4 Å². The maximum atomic E-state index is 9.09. The van der Waals surface area contributed by atoms with Gasteiger partial charge in [-0.15, -0.1) is 0 Å². The van der Waals surface area contributed by atoms with Crippen LogP contribution in [0.5, 0.6) is 0 Å². The molecule has 0 aromatic heterocycles. The van der Waals surface area contributed by atoms with Crippen molar-refractivity contribution >= 4 is 0 Å². The van der Waals surface area contributed by atoms with E-state index >= 15 is 0 Å². The van der Waals surface area contributed by atoms with E-state index in [0.717, 1.165) is 12.8 Å². The molecule has 1 unspecified atom stereocenters. The molecule has 1 aliphatic rings. The van der Waals surface area contributed by atoms with Crippen LogP contribution in [0.4, 0.5) is 0 Å². The molecule has 0 saturated heterocycles. The van der Waals surface area contributed by atoms with Crippen LogP contribution in [-0.2, 0) is 0 Å². The van der Waals surface area contributed by atoms with Crippen molar-refractivity contribution in [3.8, 4) is 0 Å². The van der Waals surface area contributed by atoms with Crippen molar-refractivity contribution in [2.24, 2.45) is 5.92 Å². The standard InChI is InChI=1S/C8H14O/c1-6(2)5-7-3-4-8(7)9/h5-6,8-9H,3-4H2,1-2H3/b7-5+. The van der Waals surface area contributed by atoms with Crippen molar-refractivity contribution in [3.05, 3.63) is 11.6 Å². The quantitative estimate of drug-likeness (QED) is 0.530. The molecule has 52 valence electrons. The van der Waals surface area contributed by atoms with Gasteiger partial charge in [0.15, 0.2) is 0 Å². The molecule has 1 atom stereocenters. The number of aliphatic hydroxyl groups is 1. The topological polar surface area (TPSA) is 20.2 Å². The lowest BCUT2D eigenvalue weighted by Crippen LogP contribution is -2.21. The zero-order valence-corrected chi connectivity index (χ0v) is 6.09. The summed E-state index contributed by atoms with van der Waals surface area (Å²) < 4.78 is 0. The molecule has 1 saturated carbocycles. The highest BCUT2D eigenvalue weighted by molar-refractivity contribution is 5.16. The average Bonchev–Trinajstić information content (AvgIpc) is 1.79. The molecule has 0 bridgehead atoms. The molecule has 1 nitrogen and oxygen atoms in total. The lowest BCUT2D eigenvalue weighted by molar-refractivity contribution is 0.155. The molecule has 0 heterocycles. The lowest BCUT2D eigenvalue weighted by Gasteiger charge is -2.25. The summed E-state index contributed by atoms with van der Waals surface area (Å²) >= 11 is 0. The molecular formula is C8H14O. The molecule has 1 heteroatoms. The highest BCUT2D eigenvalue weighted by Gasteiger charge is 2.20. The van der Waals surface area contributed by atoms with Gasteiger partial charge in [0.1, 0.15) is 0 Å². The SMILES string of the molecule is CC(C)/C=C1\CCC1O. The average molecular weight is 126 g/mol. The monoisotopic (exact) mass is 126 g/mol. The molecule has 0 spiro atoms. The molecule has 0 aromatic carbocycles. The first kappa shape index (κ1) is 6.81. The third-order valence-electron chi connectivity index (χ3n) is 1.68. The Morgan fingerprint density at radius 3 is 2.44 bits per heavy atom. The van der Waals surface area contributed by atoms with Gasteiger partial charge in [-0.3, -0.25) is 0 Å². The van der Waals surface area contributed by atoms with Crippen molar-refractivity contribution < 1.29 is 5.11 Å². The first-order chi connectivity index (χ1) is 4.20. The van der Waals surface area contributed by atoms with Crippen LogP contribution in [0, 0.1) is 5.92 Å². The number of rotatable bonds is 1. The van der Waals surface area contributed by atoms with Crippen molar-refractivity contribution in [1.29, 1.82) is 0 Å². The van der Waals surface area contributed by atoms with Crippen molar-refractivity contribution in [2.45, 2.75) is 32.8 Å². The van der Waals surface area contributed by atoms with Crippen LogP contribution in [0.25, 0.3) is 0 Å². The Morgan fingerprint density at radius 2 is 2.33 bits per heavy atom. The fourth-order valence-corrected chi connectivity index (χ4v) is 1.06. The Balaban J connectivity index is 2.42. The van der Waals surface area contributed by atoms with Gasteiger partial charge in [-0.2, -0.15) is 0 Å². The van der Waals surface area contributed by atoms with Crippen molar-refractivity contribution in [2.75, 3.05) is 0 Å². The second-order valence-electron chi connectivity index (χ2n) is 3.04. The second-order valence-corrected chi connectivity index (χ2v) is 3.04. The molecule has 9 heavy (non-hydrogen) atoms. The van der Waals surface area contributed by atoms with Crippen LogP contribution in [0.2, 0.25) is 0 Å². The van der Waals surface area contributed by atoms with E-state index in [0.29, 0.717) is 5.92 Å². The van der Waals surface area contributed by atoms with Crippen LogP contribution >= 0.6 is 0 Å². The van der Waals surface area contributed by atoms with E-state index in [9.17, 15) is 0 Å². The number of hydrogen-bond acceptors (Lipinski definition) is 1. The third kappa shape index (κ3) is 1.55. The molecule has 1 rings (SSSR count). The Bertz CT molecular complexity index is 125. The summed E-state index contributed by atoms with van der Waals surface area (Å²) in [7, 11) is 0. The highest BCUT2D eigenvalue weighted by Crippen LogP contribution is 2.27. The lowest BCUT2D eigenvalue weighted by atomic mass is 9.87. The minimum Gasteiger partial charge on any atom is -0.389 e. The summed E-state index contributed by atoms with van der Waals surface area (Å²) in [5.74, 6) is 0.593. The largest absolute Gasteiger partial charge is 0.389 e. The predicted molar refractivity (Wildman–Crippen MR) is 38.2 cm³/mol.